The van der Waals surface area contributed by atoms with E-state index in [-0.39, 0.29) is 51.9 Å². The largest absolute Gasteiger partial charge is 0.486 e. The number of amides is 1. The molecule has 0 saturated carbocycles. The molecule has 0 bridgehead atoms. The molecule has 4 rings (SSSR count). The molecule has 0 heterocycles. The number of ether oxygens (including phenoxy) is 2. The average molecular weight is 597 g/mol. The topological polar surface area (TPSA) is 90.6 Å². The van der Waals surface area contributed by atoms with Crippen molar-refractivity contribution in [3.05, 3.63) is 112 Å². The van der Waals surface area contributed by atoms with Gasteiger partial charge in [0.15, 0.2) is 11.6 Å². The van der Waals surface area contributed by atoms with Crippen LogP contribution in [0.15, 0.2) is 72.8 Å². The summed E-state index contributed by atoms with van der Waals surface area (Å²) in [5.41, 5.74) is 7.17. The standard InChI is InChI=1S/C32H28ClF3N2O4/c1-32(2,3)42-31(40)21-8-11-28(27(37)13-21)38-30(39)15-20-5-4-18(12-25(20)35)19-7-10-24(34)29(14-19)41-17-22-6-9-23(33)16-26(22)36/h4-14,16H,15,17,37H2,1-3H3,(H,38,39). The zero-order chi connectivity index (χ0) is 30.6. The lowest BCUT2D eigenvalue weighted by Gasteiger charge is -2.19. The molecule has 3 N–H and O–H groups in total. The molecule has 0 saturated heterocycles. The molecular weight excluding hydrogens is 569 g/mol. The van der Waals surface area contributed by atoms with Gasteiger partial charge in [0.05, 0.1) is 23.4 Å². The highest BCUT2D eigenvalue weighted by atomic mass is 35.5. The summed E-state index contributed by atoms with van der Waals surface area (Å²) in [5.74, 6) is -3.11. The summed E-state index contributed by atoms with van der Waals surface area (Å²) in [6, 6.07) is 16.7. The maximum Gasteiger partial charge on any atom is 0.338 e. The van der Waals surface area contributed by atoms with Crippen molar-refractivity contribution in [2.24, 2.45) is 0 Å². The van der Waals surface area contributed by atoms with Crippen molar-refractivity contribution in [1.29, 1.82) is 0 Å². The quantitative estimate of drug-likeness (QED) is 0.160. The molecule has 0 spiro atoms. The minimum Gasteiger partial charge on any atom is -0.486 e. The minimum atomic E-state index is -0.677. The van der Waals surface area contributed by atoms with Gasteiger partial charge in [-0.15, -0.1) is 0 Å². The second kappa shape index (κ2) is 12.6. The first-order valence-electron chi connectivity index (χ1n) is 12.9. The van der Waals surface area contributed by atoms with E-state index < -0.39 is 34.9 Å². The molecule has 218 valence electrons. The minimum absolute atomic E-state index is 0.122. The molecule has 0 fully saturated rings. The summed E-state index contributed by atoms with van der Waals surface area (Å²) >= 11 is 5.76. The molecule has 0 unspecified atom stereocenters. The van der Waals surface area contributed by atoms with Gasteiger partial charge in [0.25, 0.3) is 0 Å². The van der Waals surface area contributed by atoms with Gasteiger partial charge in [-0.25, -0.2) is 18.0 Å². The van der Waals surface area contributed by atoms with Crippen molar-refractivity contribution in [1.82, 2.24) is 0 Å². The SMILES string of the molecule is CC(C)(C)OC(=O)c1ccc(NC(=O)Cc2ccc(-c3ccc(F)c(OCc4ccc(Cl)cc4F)c3)cc2F)c(N)c1. The Kier molecular flexibility index (Phi) is 9.11. The molecule has 4 aromatic carbocycles. The molecule has 0 aromatic heterocycles. The molecule has 1 amide bonds. The van der Waals surface area contributed by atoms with Crippen LogP contribution in [0.4, 0.5) is 24.5 Å². The Morgan fingerprint density at radius 1 is 0.833 bits per heavy atom. The molecule has 0 aliphatic rings. The maximum absolute atomic E-state index is 15.0. The smallest absolute Gasteiger partial charge is 0.338 e. The van der Waals surface area contributed by atoms with Gasteiger partial charge in [-0.05, 0) is 86.0 Å². The highest BCUT2D eigenvalue weighted by molar-refractivity contribution is 6.30. The Morgan fingerprint density at radius 3 is 2.17 bits per heavy atom. The zero-order valence-electron chi connectivity index (χ0n) is 23.1. The van der Waals surface area contributed by atoms with E-state index in [2.05, 4.69) is 5.32 Å². The second-order valence-electron chi connectivity index (χ2n) is 10.5. The van der Waals surface area contributed by atoms with E-state index in [1.54, 1.807) is 26.8 Å². The summed E-state index contributed by atoms with van der Waals surface area (Å²) in [7, 11) is 0. The van der Waals surface area contributed by atoms with Crippen molar-refractivity contribution in [3.63, 3.8) is 0 Å². The highest BCUT2D eigenvalue weighted by Gasteiger charge is 2.19. The average Bonchev–Trinajstić information content (AvgIpc) is 2.90. The van der Waals surface area contributed by atoms with Crippen molar-refractivity contribution in [2.75, 3.05) is 11.1 Å². The number of carbonyl (C=O) groups is 2. The maximum atomic E-state index is 15.0. The van der Waals surface area contributed by atoms with Crippen LogP contribution < -0.4 is 15.8 Å². The molecule has 42 heavy (non-hydrogen) atoms. The number of nitrogens with two attached hydrogens (primary N) is 1. The number of carbonyl (C=O) groups excluding carboxylic acids is 2. The van der Waals surface area contributed by atoms with Gasteiger partial charge in [-0.2, -0.15) is 0 Å². The van der Waals surface area contributed by atoms with Gasteiger partial charge in [-0.1, -0.05) is 35.9 Å². The lowest BCUT2D eigenvalue weighted by atomic mass is 10.0. The molecule has 4 aromatic rings. The number of halogens is 4. The van der Waals surface area contributed by atoms with Gasteiger partial charge in [0.2, 0.25) is 5.91 Å². The Bertz CT molecular complexity index is 1650. The third-order valence-electron chi connectivity index (χ3n) is 6.03. The van der Waals surface area contributed by atoms with Gasteiger partial charge in [0.1, 0.15) is 23.8 Å². The molecule has 6 nitrogen and oxygen atoms in total. The Balaban J connectivity index is 1.42. The van der Waals surface area contributed by atoms with Crippen LogP contribution in [0.1, 0.15) is 42.3 Å². The third kappa shape index (κ3) is 7.82. The highest BCUT2D eigenvalue weighted by Crippen LogP contribution is 2.29. The van der Waals surface area contributed by atoms with E-state index in [4.69, 9.17) is 26.8 Å². The number of esters is 1. The fraction of sp³-hybridized carbons (Fsp3) is 0.188. The van der Waals surface area contributed by atoms with Crippen molar-refractivity contribution >= 4 is 34.9 Å². The van der Waals surface area contributed by atoms with Gasteiger partial charge < -0.3 is 20.5 Å². The molecule has 0 aliphatic heterocycles. The van der Waals surface area contributed by atoms with Crippen LogP contribution in [0.5, 0.6) is 5.75 Å². The lowest BCUT2D eigenvalue weighted by Crippen LogP contribution is -2.24. The molecular formula is C32H28ClF3N2O4. The summed E-state index contributed by atoms with van der Waals surface area (Å²) in [4.78, 5) is 24.9. The first kappa shape index (κ1) is 30.5. The number of nitrogen functional groups attached to an aromatic ring is 1. The van der Waals surface area contributed by atoms with Gasteiger partial charge in [-0.3, -0.25) is 4.79 Å². The predicted molar refractivity (Wildman–Crippen MR) is 156 cm³/mol. The second-order valence-corrected chi connectivity index (χ2v) is 10.9. The van der Waals surface area contributed by atoms with Crippen LogP contribution in [0.25, 0.3) is 11.1 Å². The normalized spacial score (nSPS) is 11.2. The van der Waals surface area contributed by atoms with E-state index >= 15 is 4.39 Å². The van der Waals surface area contributed by atoms with Crippen LogP contribution in [-0.4, -0.2) is 17.5 Å². The molecule has 0 atom stereocenters. The van der Waals surface area contributed by atoms with E-state index in [9.17, 15) is 18.4 Å². The molecule has 0 radical (unpaired) electrons. The van der Waals surface area contributed by atoms with E-state index in [1.807, 2.05) is 0 Å². The third-order valence-corrected chi connectivity index (χ3v) is 6.26. The number of hydrogen-bond donors (Lipinski definition) is 2. The van der Waals surface area contributed by atoms with E-state index in [0.29, 0.717) is 11.1 Å². The van der Waals surface area contributed by atoms with Gasteiger partial charge >= 0.3 is 5.97 Å². The van der Waals surface area contributed by atoms with Gasteiger partial charge in [0, 0.05) is 10.6 Å². The van der Waals surface area contributed by atoms with Crippen LogP contribution in [0.3, 0.4) is 0 Å². The van der Waals surface area contributed by atoms with Crippen LogP contribution in [-0.2, 0) is 22.6 Å². The number of rotatable bonds is 8. The Labute approximate surface area is 246 Å². The van der Waals surface area contributed by atoms with E-state index in [1.165, 1.54) is 60.7 Å². The van der Waals surface area contributed by atoms with Crippen molar-refractivity contribution in [2.45, 2.75) is 39.4 Å². The Morgan fingerprint density at radius 2 is 1.50 bits per heavy atom. The zero-order valence-corrected chi connectivity index (χ0v) is 23.8. The first-order chi connectivity index (χ1) is 19.8. The molecule has 0 aliphatic carbocycles. The number of nitrogens with one attached hydrogen (secondary N) is 1. The number of hydrogen-bond acceptors (Lipinski definition) is 5. The monoisotopic (exact) mass is 596 g/mol. The fourth-order valence-electron chi connectivity index (χ4n) is 3.97. The molecule has 10 heteroatoms. The van der Waals surface area contributed by atoms with Crippen LogP contribution in [0.2, 0.25) is 5.02 Å². The number of benzene rings is 4. The summed E-state index contributed by atoms with van der Waals surface area (Å²) in [5, 5.41) is 2.85. The lowest BCUT2D eigenvalue weighted by molar-refractivity contribution is -0.115. The summed E-state index contributed by atoms with van der Waals surface area (Å²) < 4.78 is 54.2. The Hall–Kier alpha value is -4.50. The summed E-state index contributed by atoms with van der Waals surface area (Å²) in [6.45, 7) is 4.99. The van der Waals surface area contributed by atoms with E-state index in [0.717, 1.165) is 6.07 Å². The summed E-state index contributed by atoms with van der Waals surface area (Å²) in [6.07, 6.45) is -0.288. The van der Waals surface area contributed by atoms with Crippen molar-refractivity contribution in [3.8, 4) is 16.9 Å². The predicted octanol–water partition coefficient (Wildman–Crippen LogP) is 7.72. The first-order valence-corrected chi connectivity index (χ1v) is 13.2. The fourth-order valence-corrected chi connectivity index (χ4v) is 4.12. The van der Waals surface area contributed by atoms with Crippen molar-refractivity contribution < 1.29 is 32.2 Å². The van der Waals surface area contributed by atoms with Crippen LogP contribution in [0, 0.1) is 17.5 Å². The number of anilines is 2. The van der Waals surface area contributed by atoms with Crippen LogP contribution >= 0.6 is 11.6 Å².